The number of para-hydroxylation sites is 1. The third kappa shape index (κ3) is 4.56. The lowest BCUT2D eigenvalue weighted by atomic mass is 10.1. The van der Waals surface area contributed by atoms with Crippen LogP contribution in [0.25, 0.3) is 5.65 Å². The molecule has 3 aromatic rings. The smallest absolute Gasteiger partial charge is 0.259 e. The normalized spacial score (nSPS) is 20.1. The first-order valence-electron chi connectivity index (χ1n) is 10.5. The summed E-state index contributed by atoms with van der Waals surface area (Å²) in [6, 6.07) is 11.6. The second kappa shape index (κ2) is 8.90. The van der Waals surface area contributed by atoms with Gasteiger partial charge in [-0.3, -0.25) is 14.3 Å². The van der Waals surface area contributed by atoms with Gasteiger partial charge in [0, 0.05) is 41.5 Å². The molecule has 0 bridgehead atoms. The van der Waals surface area contributed by atoms with Crippen LogP contribution >= 0.6 is 11.9 Å². The van der Waals surface area contributed by atoms with Crippen molar-refractivity contribution in [1.82, 2.24) is 9.38 Å². The molecule has 3 atom stereocenters. The maximum absolute atomic E-state index is 13.0. The Labute approximate surface area is 186 Å². The van der Waals surface area contributed by atoms with E-state index in [1.807, 2.05) is 51.2 Å². The van der Waals surface area contributed by atoms with Crippen LogP contribution in [-0.4, -0.2) is 34.7 Å². The molecule has 164 valence electrons. The summed E-state index contributed by atoms with van der Waals surface area (Å²) in [5.41, 5.74) is 3.50. The van der Waals surface area contributed by atoms with Crippen molar-refractivity contribution < 1.29 is 4.74 Å². The van der Waals surface area contributed by atoms with Crippen molar-refractivity contribution in [3.8, 4) is 0 Å². The van der Waals surface area contributed by atoms with Crippen molar-refractivity contribution in [3.05, 3.63) is 64.1 Å². The number of rotatable bonds is 5. The zero-order valence-corrected chi connectivity index (χ0v) is 19.1. The number of nitrogens with zero attached hydrogens (tertiary/aromatic N) is 3. The zero-order chi connectivity index (χ0) is 22.1. The first-order chi connectivity index (χ1) is 14.9. The predicted octanol–water partition coefficient (Wildman–Crippen LogP) is 3.76. The molecule has 8 heteroatoms. The molecule has 0 spiro atoms. The van der Waals surface area contributed by atoms with Gasteiger partial charge >= 0.3 is 0 Å². The molecule has 0 aliphatic carbocycles. The van der Waals surface area contributed by atoms with E-state index < -0.39 is 0 Å². The van der Waals surface area contributed by atoms with Crippen LogP contribution in [0.3, 0.4) is 0 Å². The summed E-state index contributed by atoms with van der Waals surface area (Å²) >= 11 is 1.21. The van der Waals surface area contributed by atoms with E-state index in [2.05, 4.69) is 23.2 Å². The number of nitrogens with two attached hydrogens (primary N) is 1. The summed E-state index contributed by atoms with van der Waals surface area (Å²) < 4.78 is 7.49. The summed E-state index contributed by atoms with van der Waals surface area (Å²) in [6.07, 6.45) is 2.03. The number of fused-ring (bicyclic) bond motifs is 1. The van der Waals surface area contributed by atoms with E-state index in [0.29, 0.717) is 24.6 Å². The number of aromatic nitrogens is 2. The Hall–Kier alpha value is -2.55. The highest BCUT2D eigenvalue weighted by molar-refractivity contribution is 7.97. The molecule has 1 aliphatic heterocycles. The van der Waals surface area contributed by atoms with Crippen LogP contribution in [0.15, 0.2) is 52.3 Å². The topological polar surface area (TPSA) is 84.9 Å². The Bertz CT molecular complexity index is 1140. The van der Waals surface area contributed by atoms with Crippen molar-refractivity contribution >= 4 is 29.1 Å². The van der Waals surface area contributed by atoms with Gasteiger partial charge in [0.1, 0.15) is 11.5 Å². The number of ether oxygens (including phenoxy) is 1. The fraction of sp³-hybridized carbons (Fsp3) is 0.391. The molecule has 1 saturated heterocycles. The third-order valence-electron chi connectivity index (χ3n) is 5.51. The maximum Gasteiger partial charge on any atom is 0.259 e. The lowest BCUT2D eigenvalue weighted by Gasteiger charge is -2.36. The lowest BCUT2D eigenvalue weighted by molar-refractivity contribution is -0.00545. The van der Waals surface area contributed by atoms with Crippen LogP contribution in [-0.2, 0) is 4.74 Å². The molecule has 3 N–H and O–H groups in total. The number of aryl methyl sites for hydroxylation is 1. The van der Waals surface area contributed by atoms with Crippen LogP contribution < -0.4 is 20.9 Å². The van der Waals surface area contributed by atoms with E-state index in [-0.39, 0.29) is 23.8 Å². The molecule has 1 aliphatic rings. The van der Waals surface area contributed by atoms with Gasteiger partial charge in [0.2, 0.25) is 0 Å². The fourth-order valence-corrected chi connectivity index (χ4v) is 4.61. The molecule has 3 heterocycles. The molecule has 3 unspecified atom stereocenters. The standard InChI is InChI=1S/C23H29N5O2S/c1-14-9-18(17(4)25-19-7-5-6-8-20(19)31-24)23-26-21(10-22(29)28(23)11-14)27-12-15(2)30-16(3)13-27/h5-11,15-17,25H,12-13,24H2,1-4H3. The Morgan fingerprint density at radius 3 is 2.65 bits per heavy atom. The third-order valence-corrected chi connectivity index (χ3v) is 6.12. The van der Waals surface area contributed by atoms with Crippen LogP contribution in [0.4, 0.5) is 11.5 Å². The van der Waals surface area contributed by atoms with Crippen molar-refractivity contribution in [2.24, 2.45) is 5.14 Å². The monoisotopic (exact) mass is 439 g/mol. The Balaban J connectivity index is 1.77. The lowest BCUT2D eigenvalue weighted by Crippen LogP contribution is -2.46. The first kappa shape index (κ1) is 21.7. The van der Waals surface area contributed by atoms with Gasteiger partial charge in [-0.05, 0) is 63.4 Å². The summed E-state index contributed by atoms with van der Waals surface area (Å²) in [5, 5.41) is 9.37. The molecule has 31 heavy (non-hydrogen) atoms. The van der Waals surface area contributed by atoms with E-state index in [9.17, 15) is 4.79 Å². The Kier molecular flexibility index (Phi) is 6.22. The van der Waals surface area contributed by atoms with Gasteiger partial charge < -0.3 is 15.0 Å². The molecule has 1 fully saturated rings. The minimum Gasteiger partial charge on any atom is -0.377 e. The predicted molar refractivity (Wildman–Crippen MR) is 127 cm³/mol. The highest BCUT2D eigenvalue weighted by Crippen LogP contribution is 2.29. The van der Waals surface area contributed by atoms with Crippen LogP contribution in [0.5, 0.6) is 0 Å². The molecule has 0 saturated carbocycles. The number of benzene rings is 1. The number of anilines is 2. The van der Waals surface area contributed by atoms with Gasteiger partial charge in [-0.25, -0.2) is 4.98 Å². The zero-order valence-electron chi connectivity index (χ0n) is 18.3. The summed E-state index contributed by atoms with van der Waals surface area (Å²) in [6.45, 7) is 9.58. The van der Waals surface area contributed by atoms with Gasteiger partial charge in [-0.1, -0.05) is 12.1 Å². The van der Waals surface area contributed by atoms with Crippen molar-refractivity contribution in [1.29, 1.82) is 0 Å². The van der Waals surface area contributed by atoms with Gasteiger partial charge in [0.15, 0.2) is 0 Å². The van der Waals surface area contributed by atoms with E-state index in [0.717, 1.165) is 21.7 Å². The fourth-order valence-electron chi connectivity index (χ4n) is 4.20. The highest BCUT2D eigenvalue weighted by atomic mass is 32.2. The van der Waals surface area contributed by atoms with E-state index >= 15 is 0 Å². The molecule has 2 aromatic heterocycles. The first-order valence-corrected chi connectivity index (χ1v) is 11.4. The summed E-state index contributed by atoms with van der Waals surface area (Å²) in [7, 11) is 0. The van der Waals surface area contributed by atoms with E-state index in [1.54, 1.807) is 10.5 Å². The minimum absolute atomic E-state index is 0.0760. The molecule has 1 aromatic carbocycles. The Morgan fingerprint density at radius 1 is 1.23 bits per heavy atom. The van der Waals surface area contributed by atoms with Gasteiger partial charge in [-0.15, -0.1) is 0 Å². The SMILES string of the molecule is Cc1cc(C(C)Nc2ccccc2SN)c2nc(N3CC(C)OC(C)C3)cc(=O)n2c1. The number of nitrogens with one attached hydrogen (secondary N) is 1. The highest BCUT2D eigenvalue weighted by Gasteiger charge is 2.24. The quantitative estimate of drug-likeness (QED) is 0.586. The van der Waals surface area contributed by atoms with Crippen LogP contribution in [0, 0.1) is 6.92 Å². The average Bonchev–Trinajstić information content (AvgIpc) is 2.73. The average molecular weight is 440 g/mol. The largest absolute Gasteiger partial charge is 0.377 e. The van der Waals surface area contributed by atoms with Crippen molar-refractivity contribution in [2.75, 3.05) is 23.3 Å². The number of pyridine rings is 1. The molecule has 0 amide bonds. The number of hydrogen-bond acceptors (Lipinski definition) is 7. The number of morpholine rings is 1. The molecule has 4 rings (SSSR count). The molecule has 7 nitrogen and oxygen atoms in total. The van der Waals surface area contributed by atoms with E-state index in [1.165, 1.54) is 11.9 Å². The molecule has 0 radical (unpaired) electrons. The summed E-state index contributed by atoms with van der Waals surface area (Å²) in [5.74, 6) is 0.696. The van der Waals surface area contributed by atoms with Crippen LogP contribution in [0.1, 0.15) is 37.9 Å². The second-order valence-corrected chi connectivity index (χ2v) is 8.94. The summed E-state index contributed by atoms with van der Waals surface area (Å²) in [4.78, 5) is 21.1. The van der Waals surface area contributed by atoms with E-state index in [4.69, 9.17) is 14.9 Å². The molecular formula is C23H29N5O2S. The second-order valence-electron chi connectivity index (χ2n) is 8.26. The van der Waals surface area contributed by atoms with Gasteiger partial charge in [0.05, 0.1) is 18.2 Å². The minimum atomic E-state index is -0.0816. The maximum atomic E-state index is 13.0. The Morgan fingerprint density at radius 2 is 1.94 bits per heavy atom. The van der Waals surface area contributed by atoms with Crippen LogP contribution in [0.2, 0.25) is 0 Å². The van der Waals surface area contributed by atoms with Crippen molar-refractivity contribution in [2.45, 2.75) is 50.8 Å². The van der Waals surface area contributed by atoms with Gasteiger partial charge in [-0.2, -0.15) is 0 Å². The van der Waals surface area contributed by atoms with Gasteiger partial charge in [0.25, 0.3) is 5.56 Å². The van der Waals surface area contributed by atoms with Crippen molar-refractivity contribution in [3.63, 3.8) is 0 Å². The molecular weight excluding hydrogens is 410 g/mol. The number of hydrogen-bond donors (Lipinski definition) is 2.